The highest BCUT2D eigenvalue weighted by Crippen LogP contribution is 2.45. The van der Waals surface area contributed by atoms with Gasteiger partial charge in [-0.3, -0.25) is 0 Å². The number of carbonyl (C=O) groups is 2. The third-order valence-electron chi connectivity index (χ3n) is 3.78. The topological polar surface area (TPSA) is 105 Å². The Hall–Kier alpha value is -3.22. The van der Waals surface area contributed by atoms with Crippen LogP contribution in [-0.2, 0) is 0 Å². The standard InChI is InChI=1S/C18H17NO6/c1-2-3-6-24-11-4-5-14-13(9-11)19-16-12(18(22)23)7-10(17(20)21)8-15(16)25-14/h4-5,7-9,19H,2-3,6H2,1H3,(H,20,21)(H,22,23). The number of rotatable bonds is 6. The summed E-state index contributed by atoms with van der Waals surface area (Å²) in [5.41, 5.74) is 0.460. The number of hydrogen-bond acceptors (Lipinski definition) is 5. The van der Waals surface area contributed by atoms with Gasteiger partial charge in [0.15, 0.2) is 11.5 Å². The zero-order valence-electron chi connectivity index (χ0n) is 13.5. The van der Waals surface area contributed by atoms with Gasteiger partial charge in [0.1, 0.15) is 5.75 Å². The van der Waals surface area contributed by atoms with Crippen molar-refractivity contribution >= 4 is 23.3 Å². The Labute approximate surface area is 143 Å². The second kappa shape index (κ2) is 6.72. The van der Waals surface area contributed by atoms with E-state index < -0.39 is 11.9 Å². The predicted octanol–water partition coefficient (Wildman–Crippen LogP) is 4.11. The maximum Gasteiger partial charge on any atom is 0.337 e. The van der Waals surface area contributed by atoms with Crippen molar-refractivity contribution in [2.75, 3.05) is 11.9 Å². The molecule has 1 heterocycles. The molecule has 1 aliphatic rings. The third kappa shape index (κ3) is 3.35. The number of carboxylic acids is 2. The summed E-state index contributed by atoms with van der Waals surface area (Å²) in [6, 6.07) is 7.57. The number of fused-ring (bicyclic) bond motifs is 2. The smallest absolute Gasteiger partial charge is 0.337 e. The summed E-state index contributed by atoms with van der Waals surface area (Å²) in [6.45, 7) is 2.66. The SMILES string of the molecule is CCCCOc1ccc2c(c1)Nc1c(cc(C(=O)O)cc1C(=O)O)O2. The molecular formula is C18H17NO6. The van der Waals surface area contributed by atoms with E-state index >= 15 is 0 Å². The zero-order valence-corrected chi connectivity index (χ0v) is 13.5. The highest BCUT2D eigenvalue weighted by atomic mass is 16.5. The van der Waals surface area contributed by atoms with E-state index in [1.807, 2.05) is 0 Å². The molecule has 0 unspecified atom stereocenters. The van der Waals surface area contributed by atoms with Crippen LogP contribution >= 0.6 is 0 Å². The van der Waals surface area contributed by atoms with Gasteiger partial charge >= 0.3 is 11.9 Å². The van der Waals surface area contributed by atoms with Crippen molar-refractivity contribution in [3.05, 3.63) is 41.5 Å². The minimum atomic E-state index is -1.24. The maximum atomic E-state index is 11.5. The number of unbranched alkanes of at least 4 members (excludes halogenated alkanes) is 1. The fourth-order valence-electron chi connectivity index (χ4n) is 2.49. The van der Waals surface area contributed by atoms with Crippen LogP contribution in [0.2, 0.25) is 0 Å². The van der Waals surface area contributed by atoms with Crippen LogP contribution in [0.1, 0.15) is 40.5 Å². The molecule has 0 bridgehead atoms. The average Bonchev–Trinajstić information content (AvgIpc) is 2.59. The van der Waals surface area contributed by atoms with Gasteiger partial charge in [-0.1, -0.05) is 13.3 Å². The van der Waals surface area contributed by atoms with Gasteiger partial charge in [-0.05, 0) is 30.7 Å². The molecule has 3 rings (SSSR count). The molecule has 7 nitrogen and oxygen atoms in total. The first-order chi connectivity index (χ1) is 12.0. The molecule has 25 heavy (non-hydrogen) atoms. The first-order valence-corrected chi connectivity index (χ1v) is 7.86. The van der Waals surface area contributed by atoms with Gasteiger partial charge in [-0.2, -0.15) is 0 Å². The van der Waals surface area contributed by atoms with Crippen molar-refractivity contribution in [3.8, 4) is 17.2 Å². The van der Waals surface area contributed by atoms with Gasteiger partial charge in [-0.25, -0.2) is 9.59 Å². The summed E-state index contributed by atoms with van der Waals surface area (Å²) in [5.74, 6) is -1.20. The molecule has 0 aromatic heterocycles. The number of aromatic carboxylic acids is 2. The summed E-state index contributed by atoms with van der Waals surface area (Å²) in [6.07, 6.45) is 1.96. The van der Waals surface area contributed by atoms with Crippen LogP contribution in [0.4, 0.5) is 11.4 Å². The van der Waals surface area contributed by atoms with Crippen LogP contribution in [0.3, 0.4) is 0 Å². The molecular weight excluding hydrogens is 326 g/mol. The van der Waals surface area contributed by atoms with E-state index in [9.17, 15) is 14.7 Å². The minimum absolute atomic E-state index is 0.152. The molecule has 2 aromatic carbocycles. The van der Waals surface area contributed by atoms with E-state index in [-0.39, 0.29) is 22.6 Å². The molecule has 0 fully saturated rings. The molecule has 0 saturated heterocycles. The number of benzene rings is 2. The fraction of sp³-hybridized carbons (Fsp3) is 0.222. The van der Waals surface area contributed by atoms with E-state index in [0.29, 0.717) is 23.8 Å². The molecule has 130 valence electrons. The van der Waals surface area contributed by atoms with Crippen LogP contribution in [-0.4, -0.2) is 28.8 Å². The van der Waals surface area contributed by atoms with Gasteiger partial charge < -0.3 is 25.0 Å². The largest absolute Gasteiger partial charge is 0.494 e. The van der Waals surface area contributed by atoms with Crippen molar-refractivity contribution in [1.82, 2.24) is 0 Å². The number of nitrogens with one attached hydrogen (secondary N) is 1. The van der Waals surface area contributed by atoms with Crippen LogP contribution in [0.25, 0.3) is 0 Å². The minimum Gasteiger partial charge on any atom is -0.494 e. The summed E-state index contributed by atoms with van der Waals surface area (Å²) >= 11 is 0. The highest BCUT2D eigenvalue weighted by Gasteiger charge is 2.25. The van der Waals surface area contributed by atoms with E-state index in [2.05, 4.69) is 12.2 Å². The van der Waals surface area contributed by atoms with Gasteiger partial charge in [0, 0.05) is 6.07 Å². The average molecular weight is 343 g/mol. The van der Waals surface area contributed by atoms with Crippen LogP contribution in [0.15, 0.2) is 30.3 Å². The first kappa shape index (κ1) is 16.6. The maximum absolute atomic E-state index is 11.5. The lowest BCUT2D eigenvalue weighted by Crippen LogP contribution is -2.11. The van der Waals surface area contributed by atoms with Crippen molar-refractivity contribution in [2.24, 2.45) is 0 Å². The van der Waals surface area contributed by atoms with Gasteiger partial charge in [0.05, 0.1) is 29.1 Å². The first-order valence-electron chi connectivity index (χ1n) is 7.86. The second-order valence-electron chi connectivity index (χ2n) is 5.59. The summed E-state index contributed by atoms with van der Waals surface area (Å²) in [4.78, 5) is 22.7. The van der Waals surface area contributed by atoms with Crippen LogP contribution in [0, 0.1) is 0 Å². The number of anilines is 2. The Morgan fingerprint density at radius 1 is 1.12 bits per heavy atom. The third-order valence-corrected chi connectivity index (χ3v) is 3.78. The highest BCUT2D eigenvalue weighted by molar-refractivity contribution is 6.02. The quantitative estimate of drug-likeness (QED) is 0.578. The van der Waals surface area contributed by atoms with Gasteiger partial charge in [0.25, 0.3) is 0 Å². The van der Waals surface area contributed by atoms with Crippen molar-refractivity contribution < 1.29 is 29.3 Å². The molecule has 0 radical (unpaired) electrons. The normalized spacial score (nSPS) is 11.6. The Balaban J connectivity index is 1.96. The predicted molar refractivity (Wildman–Crippen MR) is 90.6 cm³/mol. The van der Waals surface area contributed by atoms with E-state index in [4.69, 9.17) is 14.6 Å². The van der Waals surface area contributed by atoms with Gasteiger partial charge in [0.2, 0.25) is 0 Å². The number of carboxylic acid groups (broad SMARTS) is 2. The van der Waals surface area contributed by atoms with E-state index in [0.717, 1.165) is 18.9 Å². The Morgan fingerprint density at radius 2 is 1.92 bits per heavy atom. The molecule has 0 spiro atoms. The lowest BCUT2D eigenvalue weighted by Gasteiger charge is -2.24. The Bertz CT molecular complexity index is 846. The molecule has 0 atom stereocenters. The molecule has 0 aliphatic carbocycles. The fourth-order valence-corrected chi connectivity index (χ4v) is 2.49. The molecule has 1 aliphatic heterocycles. The molecule has 7 heteroatoms. The summed E-state index contributed by atoms with van der Waals surface area (Å²) < 4.78 is 11.3. The zero-order chi connectivity index (χ0) is 18.0. The van der Waals surface area contributed by atoms with E-state index in [1.54, 1.807) is 18.2 Å². The number of hydrogen-bond donors (Lipinski definition) is 3. The van der Waals surface area contributed by atoms with Crippen LogP contribution < -0.4 is 14.8 Å². The van der Waals surface area contributed by atoms with E-state index in [1.165, 1.54) is 6.07 Å². The molecule has 0 saturated carbocycles. The lowest BCUT2D eigenvalue weighted by molar-refractivity contribution is 0.0696. The monoisotopic (exact) mass is 343 g/mol. The van der Waals surface area contributed by atoms with Crippen molar-refractivity contribution in [2.45, 2.75) is 19.8 Å². The lowest BCUT2D eigenvalue weighted by atomic mass is 10.1. The molecule has 2 aromatic rings. The van der Waals surface area contributed by atoms with Crippen LogP contribution in [0.5, 0.6) is 17.2 Å². The molecule has 0 amide bonds. The molecule has 3 N–H and O–H groups in total. The second-order valence-corrected chi connectivity index (χ2v) is 5.59. The Kier molecular flexibility index (Phi) is 4.47. The Morgan fingerprint density at radius 3 is 2.60 bits per heavy atom. The number of ether oxygens (including phenoxy) is 2. The summed E-state index contributed by atoms with van der Waals surface area (Å²) in [5, 5.41) is 21.5. The van der Waals surface area contributed by atoms with Gasteiger partial charge in [-0.15, -0.1) is 0 Å². The van der Waals surface area contributed by atoms with Crippen molar-refractivity contribution in [3.63, 3.8) is 0 Å². The van der Waals surface area contributed by atoms with Crippen molar-refractivity contribution in [1.29, 1.82) is 0 Å². The summed E-state index contributed by atoms with van der Waals surface area (Å²) in [7, 11) is 0.